The lowest BCUT2D eigenvalue weighted by Gasteiger charge is -2.31. The van der Waals surface area contributed by atoms with Crippen LogP contribution in [0, 0.1) is 0 Å². The molecular weight excluding hydrogens is 270 g/mol. The number of ether oxygens (including phenoxy) is 2. The summed E-state index contributed by atoms with van der Waals surface area (Å²) >= 11 is 0. The summed E-state index contributed by atoms with van der Waals surface area (Å²) in [6.07, 6.45) is 1.49. The van der Waals surface area contributed by atoms with E-state index in [9.17, 15) is 4.79 Å². The molecule has 1 fully saturated rings. The van der Waals surface area contributed by atoms with Gasteiger partial charge in [-0.1, -0.05) is 0 Å². The van der Waals surface area contributed by atoms with Gasteiger partial charge >= 0.3 is 5.97 Å². The van der Waals surface area contributed by atoms with E-state index < -0.39 is 5.97 Å². The van der Waals surface area contributed by atoms with Crippen LogP contribution in [0.2, 0.25) is 0 Å². The third-order valence-corrected chi connectivity index (χ3v) is 3.67. The first-order chi connectivity index (χ1) is 10.0. The fraction of sp³-hybridized carbons (Fsp3) is 0.438. The van der Waals surface area contributed by atoms with E-state index in [1.54, 1.807) is 24.3 Å². The van der Waals surface area contributed by atoms with Crippen LogP contribution in [0.3, 0.4) is 0 Å². The van der Waals surface area contributed by atoms with Crippen molar-refractivity contribution in [2.24, 2.45) is 0 Å². The molecule has 2 unspecified atom stereocenters. The first-order valence-electron chi connectivity index (χ1n) is 7.17. The zero-order chi connectivity index (χ0) is 15.0. The van der Waals surface area contributed by atoms with Crippen LogP contribution in [0.5, 0.6) is 0 Å². The van der Waals surface area contributed by atoms with Crippen molar-refractivity contribution in [2.75, 3.05) is 5.73 Å². The van der Waals surface area contributed by atoms with Gasteiger partial charge in [0.05, 0.1) is 12.2 Å². The number of furan rings is 1. The Labute approximate surface area is 123 Å². The minimum absolute atomic E-state index is 0.0991. The van der Waals surface area contributed by atoms with Gasteiger partial charge in [0, 0.05) is 23.9 Å². The predicted octanol–water partition coefficient (Wildman–Crippen LogP) is 3.13. The smallest absolute Gasteiger partial charge is 0.374 e. The third kappa shape index (κ3) is 3.03. The molecule has 112 valence electrons. The normalized spacial score (nSPS) is 25.9. The van der Waals surface area contributed by atoms with Gasteiger partial charge in [-0.15, -0.1) is 0 Å². The van der Waals surface area contributed by atoms with Crippen molar-refractivity contribution in [3.8, 4) is 0 Å². The molecule has 0 spiro atoms. The number of anilines is 1. The zero-order valence-electron chi connectivity index (χ0n) is 12.2. The zero-order valence-corrected chi connectivity index (χ0v) is 12.2. The van der Waals surface area contributed by atoms with Crippen molar-refractivity contribution in [3.05, 3.63) is 30.0 Å². The van der Waals surface area contributed by atoms with Crippen LogP contribution in [-0.2, 0) is 9.47 Å². The number of hydrogen-bond acceptors (Lipinski definition) is 5. The summed E-state index contributed by atoms with van der Waals surface area (Å²) in [5.41, 5.74) is 6.98. The van der Waals surface area contributed by atoms with Crippen molar-refractivity contribution in [3.63, 3.8) is 0 Å². The summed E-state index contributed by atoms with van der Waals surface area (Å²) in [6.45, 7) is 3.97. The monoisotopic (exact) mass is 289 g/mol. The summed E-state index contributed by atoms with van der Waals surface area (Å²) in [5.74, 6) is -0.224. The molecule has 1 aliphatic rings. The Balaban J connectivity index is 1.74. The summed E-state index contributed by atoms with van der Waals surface area (Å²) in [4.78, 5) is 12.2. The average molecular weight is 289 g/mol. The number of carbonyl (C=O) groups is 1. The molecule has 2 atom stereocenters. The number of carbonyl (C=O) groups excluding carboxylic acids is 1. The van der Waals surface area contributed by atoms with Gasteiger partial charge in [-0.3, -0.25) is 0 Å². The average Bonchev–Trinajstić information content (AvgIpc) is 2.80. The van der Waals surface area contributed by atoms with Crippen LogP contribution in [0.25, 0.3) is 11.0 Å². The molecule has 3 rings (SSSR count). The molecule has 0 amide bonds. The highest BCUT2D eigenvalue weighted by Gasteiger charge is 2.28. The Morgan fingerprint density at radius 1 is 1.24 bits per heavy atom. The number of nitrogen functional groups attached to an aromatic ring is 1. The molecule has 1 aromatic carbocycles. The number of rotatable bonds is 2. The van der Waals surface area contributed by atoms with E-state index in [0.717, 1.165) is 5.39 Å². The first-order valence-corrected chi connectivity index (χ1v) is 7.17. The topological polar surface area (TPSA) is 74.7 Å². The molecule has 1 aliphatic heterocycles. The van der Waals surface area contributed by atoms with Crippen LogP contribution >= 0.6 is 0 Å². The van der Waals surface area contributed by atoms with Gasteiger partial charge in [0.1, 0.15) is 11.7 Å². The molecule has 2 N–H and O–H groups in total. The third-order valence-electron chi connectivity index (χ3n) is 3.67. The van der Waals surface area contributed by atoms with E-state index in [1.165, 1.54) is 0 Å². The van der Waals surface area contributed by atoms with Gasteiger partial charge < -0.3 is 19.6 Å². The maximum atomic E-state index is 12.2. The summed E-state index contributed by atoms with van der Waals surface area (Å²) in [5, 5.41) is 0.802. The van der Waals surface area contributed by atoms with Crippen LogP contribution in [0.15, 0.2) is 28.7 Å². The van der Waals surface area contributed by atoms with Crippen LogP contribution in [0.1, 0.15) is 37.2 Å². The second kappa shape index (κ2) is 5.41. The van der Waals surface area contributed by atoms with Gasteiger partial charge in [-0.25, -0.2) is 4.79 Å². The van der Waals surface area contributed by atoms with E-state index in [0.29, 0.717) is 24.1 Å². The molecule has 21 heavy (non-hydrogen) atoms. The van der Waals surface area contributed by atoms with Gasteiger partial charge in [0.15, 0.2) is 0 Å². The van der Waals surface area contributed by atoms with Crippen molar-refractivity contribution in [2.45, 2.75) is 45.0 Å². The summed E-state index contributed by atoms with van der Waals surface area (Å²) < 4.78 is 16.7. The minimum atomic E-state index is -0.434. The quantitative estimate of drug-likeness (QED) is 0.679. The highest BCUT2D eigenvalue weighted by molar-refractivity contribution is 5.93. The Morgan fingerprint density at radius 3 is 2.67 bits per heavy atom. The van der Waals surface area contributed by atoms with Gasteiger partial charge in [0.25, 0.3) is 0 Å². The minimum Gasteiger partial charge on any atom is -0.456 e. The maximum Gasteiger partial charge on any atom is 0.374 e. The molecule has 0 radical (unpaired) electrons. The molecular formula is C16H19NO4. The number of fused-ring (bicyclic) bond motifs is 1. The highest BCUT2D eigenvalue weighted by atomic mass is 16.6. The number of esters is 1. The van der Waals surface area contributed by atoms with Gasteiger partial charge in [0.2, 0.25) is 5.76 Å². The van der Waals surface area contributed by atoms with Crippen molar-refractivity contribution in [1.29, 1.82) is 0 Å². The molecule has 0 saturated carbocycles. The molecule has 0 aliphatic carbocycles. The van der Waals surface area contributed by atoms with E-state index in [1.807, 2.05) is 13.8 Å². The van der Waals surface area contributed by atoms with E-state index in [4.69, 9.17) is 19.6 Å². The van der Waals surface area contributed by atoms with E-state index >= 15 is 0 Å². The van der Waals surface area contributed by atoms with Gasteiger partial charge in [-0.05, 0) is 38.1 Å². The molecule has 2 aromatic rings. The van der Waals surface area contributed by atoms with Gasteiger partial charge in [-0.2, -0.15) is 0 Å². The SMILES string of the molecule is CC1CC(OC(=O)c2cc3cc(N)ccc3o2)CC(C)O1. The maximum absolute atomic E-state index is 12.2. The molecule has 1 aromatic heterocycles. The lowest BCUT2D eigenvalue weighted by molar-refractivity contribution is -0.0861. The highest BCUT2D eigenvalue weighted by Crippen LogP contribution is 2.25. The number of nitrogens with two attached hydrogens (primary N) is 1. The van der Waals surface area contributed by atoms with Crippen molar-refractivity contribution in [1.82, 2.24) is 0 Å². The predicted molar refractivity (Wildman–Crippen MR) is 79.1 cm³/mol. The van der Waals surface area contributed by atoms with Crippen molar-refractivity contribution < 1.29 is 18.7 Å². The molecule has 5 heteroatoms. The lowest BCUT2D eigenvalue weighted by atomic mass is 10.0. The summed E-state index contributed by atoms with van der Waals surface area (Å²) in [6, 6.07) is 6.93. The van der Waals surface area contributed by atoms with E-state index in [2.05, 4.69) is 0 Å². The Kier molecular flexibility index (Phi) is 3.59. The van der Waals surface area contributed by atoms with E-state index in [-0.39, 0.29) is 24.1 Å². The number of benzene rings is 1. The molecule has 5 nitrogen and oxygen atoms in total. The standard InChI is InChI=1S/C16H19NO4/c1-9-5-13(6-10(2)19-9)20-16(18)15-8-11-7-12(17)3-4-14(11)21-15/h3-4,7-10,13H,5-6,17H2,1-2H3. The molecule has 2 heterocycles. The number of hydrogen-bond donors (Lipinski definition) is 1. The Morgan fingerprint density at radius 2 is 1.95 bits per heavy atom. The van der Waals surface area contributed by atoms with Crippen LogP contribution in [-0.4, -0.2) is 24.3 Å². The summed E-state index contributed by atoms with van der Waals surface area (Å²) in [7, 11) is 0. The first kappa shape index (κ1) is 13.9. The van der Waals surface area contributed by atoms with Crippen LogP contribution in [0.4, 0.5) is 5.69 Å². The Hall–Kier alpha value is -2.01. The largest absolute Gasteiger partial charge is 0.456 e. The lowest BCUT2D eigenvalue weighted by Crippen LogP contribution is -2.35. The van der Waals surface area contributed by atoms with Crippen LogP contribution < -0.4 is 5.73 Å². The fourth-order valence-electron chi connectivity index (χ4n) is 2.81. The molecule has 1 saturated heterocycles. The fourth-order valence-corrected chi connectivity index (χ4v) is 2.81. The second-order valence-electron chi connectivity index (χ2n) is 5.66. The second-order valence-corrected chi connectivity index (χ2v) is 5.66. The van der Waals surface area contributed by atoms with Crippen molar-refractivity contribution >= 4 is 22.6 Å². The Bertz CT molecular complexity index is 653. The molecule has 0 bridgehead atoms.